The summed E-state index contributed by atoms with van der Waals surface area (Å²) in [4.78, 5) is 4.24. The van der Waals surface area contributed by atoms with Crippen LogP contribution in [0.1, 0.15) is 31.9 Å². The van der Waals surface area contributed by atoms with Crippen LogP contribution in [-0.4, -0.2) is 19.6 Å². The summed E-state index contributed by atoms with van der Waals surface area (Å²) in [6.45, 7) is 7.18. The molecule has 127 valence electrons. The zero-order chi connectivity index (χ0) is 17.1. The molecule has 0 unspecified atom stereocenters. The van der Waals surface area contributed by atoms with Gasteiger partial charge in [-0.25, -0.2) is 4.39 Å². The van der Waals surface area contributed by atoms with Gasteiger partial charge in [0.1, 0.15) is 12.5 Å². The molecule has 0 saturated heterocycles. The van der Waals surface area contributed by atoms with Crippen molar-refractivity contribution in [2.75, 3.05) is 23.4 Å². The molecule has 1 heterocycles. The minimum Gasteiger partial charge on any atom is -0.344 e. The molecule has 24 heavy (non-hydrogen) atoms. The summed E-state index contributed by atoms with van der Waals surface area (Å²) in [7, 11) is 1.95. The normalized spacial score (nSPS) is 15.0. The van der Waals surface area contributed by atoms with Gasteiger partial charge in [0.15, 0.2) is 0 Å². The van der Waals surface area contributed by atoms with Crippen molar-refractivity contribution in [1.29, 1.82) is 0 Å². The molecule has 1 aliphatic heterocycles. The highest BCUT2D eigenvalue weighted by molar-refractivity contribution is 5.80. The Labute approximate surface area is 144 Å². The molecule has 0 spiro atoms. The van der Waals surface area contributed by atoms with Crippen molar-refractivity contribution in [2.24, 2.45) is 0 Å². The average Bonchev–Trinajstić information content (AvgIpc) is 2.97. The molecule has 0 aliphatic carbocycles. The Kier molecular flexibility index (Phi) is 5.05. The van der Waals surface area contributed by atoms with Crippen LogP contribution in [0.15, 0.2) is 48.5 Å². The minimum absolute atomic E-state index is 0.0954. The van der Waals surface area contributed by atoms with Gasteiger partial charge in [-0.15, -0.1) is 0 Å². The maximum Gasteiger partial charge on any atom is 0.148 e. The number of halogens is 1. The number of hydrogen-bond acceptors (Lipinski definition) is 3. The Balaban J connectivity index is 2.03. The highest BCUT2D eigenvalue weighted by Gasteiger charge is 2.35. The Morgan fingerprint density at radius 2 is 1.75 bits per heavy atom. The average molecular weight is 326 g/mol. The van der Waals surface area contributed by atoms with Gasteiger partial charge in [-0.1, -0.05) is 36.4 Å². The number of nitrogens with zero attached hydrogens (tertiary/aromatic N) is 2. The zero-order valence-electron chi connectivity index (χ0n) is 14.5. The first kappa shape index (κ1) is 16.8. The van der Waals surface area contributed by atoms with Crippen LogP contribution in [0.4, 0.5) is 15.8 Å². The summed E-state index contributed by atoms with van der Waals surface area (Å²) in [5.41, 5.74) is 2.82. The summed E-state index contributed by atoms with van der Waals surface area (Å²) >= 11 is 0. The largest absolute Gasteiger partial charge is 0.344 e. The molecule has 0 bridgehead atoms. The third-order valence-electron chi connectivity index (χ3n) is 4.49. The van der Waals surface area contributed by atoms with Crippen molar-refractivity contribution < 1.29 is 4.39 Å². The smallest absolute Gasteiger partial charge is 0.148 e. The molecule has 2 aromatic carbocycles. The summed E-state index contributed by atoms with van der Waals surface area (Å²) in [6.07, 6.45) is 0.900. The zero-order valence-corrected chi connectivity index (χ0v) is 14.5. The second-order valence-electron chi connectivity index (χ2n) is 6.45. The van der Waals surface area contributed by atoms with Crippen LogP contribution in [0.2, 0.25) is 0 Å². The lowest BCUT2D eigenvalue weighted by Gasteiger charge is -2.31. The fourth-order valence-corrected chi connectivity index (χ4v) is 3.29. The first-order valence-electron chi connectivity index (χ1n) is 8.53. The van der Waals surface area contributed by atoms with E-state index >= 15 is 0 Å². The third kappa shape index (κ3) is 3.11. The molecule has 2 aromatic rings. The maximum absolute atomic E-state index is 14.7. The van der Waals surface area contributed by atoms with Crippen molar-refractivity contribution in [3.63, 3.8) is 0 Å². The molecule has 1 atom stereocenters. The molecular weight excluding hydrogens is 301 g/mol. The fraction of sp³-hybridized carbons (Fsp3) is 0.350. The maximum atomic E-state index is 14.7. The third-order valence-corrected chi connectivity index (χ3v) is 4.49. The van der Waals surface area contributed by atoms with Gasteiger partial charge in [0.2, 0.25) is 0 Å². The van der Waals surface area contributed by atoms with Crippen LogP contribution in [-0.2, 0) is 0 Å². The highest BCUT2D eigenvalue weighted by atomic mass is 19.1. The number of hydrogen-bond donors (Lipinski definition) is 1. The van der Waals surface area contributed by atoms with E-state index in [0.29, 0.717) is 5.69 Å². The predicted molar refractivity (Wildman–Crippen MR) is 98.5 cm³/mol. The molecule has 1 aliphatic rings. The molecule has 0 fully saturated rings. The predicted octanol–water partition coefficient (Wildman–Crippen LogP) is 4.33. The first-order valence-corrected chi connectivity index (χ1v) is 8.53. The lowest BCUT2D eigenvalue weighted by molar-refractivity contribution is 0.565. The quantitative estimate of drug-likeness (QED) is 0.852. The molecule has 0 amide bonds. The Morgan fingerprint density at radius 3 is 2.42 bits per heavy atom. The van der Waals surface area contributed by atoms with E-state index in [0.717, 1.165) is 18.7 Å². The van der Waals surface area contributed by atoms with Gasteiger partial charge < -0.3 is 15.1 Å². The number of nitrogens with one attached hydrogen (secondary N) is 1. The van der Waals surface area contributed by atoms with Crippen molar-refractivity contribution in [3.05, 3.63) is 66.6 Å². The molecule has 1 N–H and O–H groups in total. The molecule has 3 nitrogen and oxygen atoms in total. The SMILES string of the molecule is CNCC[C@@H](c1ccccc1)N1[CH]N(C(C)C)c2cccc(F)c21. The number of para-hydroxylation sites is 1. The molecular formula is C20H25FN3. The number of fused-ring (bicyclic) bond motifs is 1. The van der Waals surface area contributed by atoms with Gasteiger partial charge in [-0.05, 0) is 51.6 Å². The van der Waals surface area contributed by atoms with Crippen molar-refractivity contribution in [1.82, 2.24) is 5.32 Å². The van der Waals surface area contributed by atoms with E-state index < -0.39 is 0 Å². The van der Waals surface area contributed by atoms with Gasteiger partial charge in [0.25, 0.3) is 0 Å². The Bertz CT molecular complexity index is 672. The van der Waals surface area contributed by atoms with Gasteiger partial charge in [-0.3, -0.25) is 0 Å². The standard InChI is InChI=1S/C20H25FN3/c1-15(2)23-14-24(20-17(21)10-7-11-19(20)23)18(12-13-22-3)16-8-5-4-6-9-16/h4-11,14-15,18,22H,12-13H2,1-3H3/t18-/m0/s1. The van der Waals surface area contributed by atoms with Crippen LogP contribution in [0.3, 0.4) is 0 Å². The van der Waals surface area contributed by atoms with Crippen LogP contribution in [0.25, 0.3) is 0 Å². The minimum atomic E-state index is -0.169. The highest BCUT2D eigenvalue weighted by Crippen LogP contribution is 2.46. The van der Waals surface area contributed by atoms with Crippen molar-refractivity contribution >= 4 is 11.4 Å². The van der Waals surface area contributed by atoms with Gasteiger partial charge in [0.05, 0.1) is 17.4 Å². The molecule has 1 radical (unpaired) electrons. The summed E-state index contributed by atoms with van der Waals surface area (Å²) in [5.74, 6) is -0.169. The van der Waals surface area contributed by atoms with E-state index in [-0.39, 0.29) is 17.9 Å². The van der Waals surface area contributed by atoms with Gasteiger partial charge >= 0.3 is 0 Å². The van der Waals surface area contributed by atoms with Crippen LogP contribution in [0.5, 0.6) is 0 Å². The molecule has 3 rings (SSSR count). The molecule has 4 heteroatoms. The lowest BCUT2D eigenvalue weighted by atomic mass is 10.0. The van der Waals surface area contributed by atoms with E-state index in [9.17, 15) is 4.39 Å². The van der Waals surface area contributed by atoms with E-state index in [2.05, 4.69) is 47.8 Å². The summed E-state index contributed by atoms with van der Waals surface area (Å²) < 4.78 is 14.7. The lowest BCUT2D eigenvalue weighted by Crippen LogP contribution is -2.33. The molecule has 0 saturated carbocycles. The van der Waals surface area contributed by atoms with E-state index in [4.69, 9.17) is 0 Å². The van der Waals surface area contributed by atoms with Crippen molar-refractivity contribution in [3.8, 4) is 0 Å². The van der Waals surface area contributed by atoms with Gasteiger partial charge in [0, 0.05) is 6.04 Å². The number of rotatable bonds is 6. The Hall–Kier alpha value is -2.07. The van der Waals surface area contributed by atoms with Crippen molar-refractivity contribution in [2.45, 2.75) is 32.4 Å². The summed E-state index contributed by atoms with van der Waals surface area (Å²) in [6, 6.07) is 16.0. The molecule has 0 aromatic heterocycles. The first-order chi connectivity index (χ1) is 11.6. The van der Waals surface area contributed by atoms with E-state index in [1.807, 2.05) is 31.3 Å². The second-order valence-corrected chi connectivity index (χ2v) is 6.45. The van der Waals surface area contributed by atoms with Crippen LogP contribution in [0, 0.1) is 12.5 Å². The van der Waals surface area contributed by atoms with Crippen LogP contribution < -0.4 is 15.1 Å². The summed E-state index contributed by atoms with van der Waals surface area (Å²) in [5, 5.41) is 3.22. The second kappa shape index (κ2) is 7.22. The number of benzene rings is 2. The topological polar surface area (TPSA) is 18.5 Å². The Morgan fingerprint density at radius 1 is 1.00 bits per heavy atom. The number of anilines is 2. The van der Waals surface area contributed by atoms with E-state index in [1.54, 1.807) is 12.1 Å². The fourth-order valence-electron chi connectivity index (χ4n) is 3.29. The van der Waals surface area contributed by atoms with Crippen LogP contribution >= 0.6 is 0 Å². The van der Waals surface area contributed by atoms with E-state index in [1.165, 1.54) is 5.56 Å². The van der Waals surface area contributed by atoms with Gasteiger partial charge in [-0.2, -0.15) is 0 Å². The monoisotopic (exact) mass is 326 g/mol.